The van der Waals surface area contributed by atoms with E-state index in [4.69, 9.17) is 0 Å². The van der Waals surface area contributed by atoms with Gasteiger partial charge in [0.05, 0.1) is 5.41 Å². The average molecular weight is 176 g/mol. The van der Waals surface area contributed by atoms with Crippen LogP contribution in [0.2, 0.25) is 0 Å². The minimum absolute atomic E-state index is 0.656. The van der Waals surface area contributed by atoms with E-state index in [2.05, 4.69) is 15.6 Å². The van der Waals surface area contributed by atoms with Crippen molar-refractivity contribution in [2.24, 2.45) is 11.3 Å². The fraction of sp³-hybridized carbons (Fsp3) is 0.667. The van der Waals surface area contributed by atoms with Crippen LogP contribution in [0.25, 0.3) is 0 Å². The number of amides is 1. The lowest BCUT2D eigenvalue weighted by molar-refractivity contribution is -0.147. The van der Waals surface area contributed by atoms with Crippen LogP contribution in [0.3, 0.4) is 0 Å². The van der Waals surface area contributed by atoms with E-state index in [-0.39, 0.29) is 0 Å². The van der Waals surface area contributed by atoms with Gasteiger partial charge in [0.25, 0.3) is 0 Å². The van der Waals surface area contributed by atoms with Crippen molar-refractivity contribution in [1.29, 1.82) is 0 Å². The van der Waals surface area contributed by atoms with Crippen LogP contribution >= 0.6 is 0 Å². The van der Waals surface area contributed by atoms with Crippen molar-refractivity contribution < 1.29 is 19.3 Å². The van der Waals surface area contributed by atoms with Gasteiger partial charge in [-0.05, 0) is 20.8 Å². The molecule has 0 radical (unpaired) electrons. The Morgan fingerprint density at radius 2 is 1.83 bits per heavy atom. The summed E-state index contributed by atoms with van der Waals surface area (Å²) >= 11 is 0. The van der Waals surface area contributed by atoms with E-state index >= 15 is 0 Å². The quantitative estimate of drug-likeness (QED) is 0.335. The minimum Gasteiger partial charge on any atom is -0.374 e. The topological polar surface area (TPSA) is 90.7 Å². The van der Waals surface area contributed by atoms with Crippen LogP contribution in [0.5, 0.6) is 0 Å². The summed E-state index contributed by atoms with van der Waals surface area (Å²) < 4.78 is 4.26. The van der Waals surface area contributed by atoms with Crippen molar-refractivity contribution in [2.75, 3.05) is 0 Å². The van der Waals surface area contributed by atoms with E-state index in [1.807, 2.05) is 0 Å². The third kappa shape index (κ3) is 3.89. The highest BCUT2D eigenvalue weighted by molar-refractivity contribution is 5.86. The van der Waals surface area contributed by atoms with Crippen molar-refractivity contribution in [3.05, 3.63) is 0 Å². The summed E-state index contributed by atoms with van der Waals surface area (Å²) in [6.07, 6.45) is -1.03. The molecule has 0 atom stereocenters. The minimum atomic E-state index is -1.03. The number of rotatable bonds is 1. The first-order chi connectivity index (χ1) is 5.38. The monoisotopic (exact) mass is 176 g/mol. The Labute approximate surface area is 69.9 Å². The van der Waals surface area contributed by atoms with Gasteiger partial charge in [-0.3, -0.25) is 4.79 Å². The maximum atomic E-state index is 11.0. The summed E-state index contributed by atoms with van der Waals surface area (Å²) in [5.41, 5.74) is 0.914. The number of esters is 1. The van der Waals surface area contributed by atoms with Crippen molar-refractivity contribution in [2.45, 2.75) is 20.8 Å². The van der Waals surface area contributed by atoms with Crippen LogP contribution in [-0.2, 0) is 14.5 Å². The van der Waals surface area contributed by atoms with Gasteiger partial charge in [-0.1, -0.05) is 0 Å². The first-order valence-corrected chi connectivity index (χ1v) is 3.26. The molecule has 6 heteroatoms. The van der Waals surface area contributed by atoms with E-state index in [0.717, 1.165) is 0 Å². The van der Waals surface area contributed by atoms with Crippen molar-refractivity contribution in [3.63, 3.8) is 0 Å². The van der Waals surface area contributed by atoms with E-state index < -0.39 is 17.5 Å². The molecule has 0 aromatic heterocycles. The number of carbonyl (C=O) groups excluding carboxylic acids is 2. The predicted molar refractivity (Wildman–Crippen MR) is 39.4 cm³/mol. The van der Waals surface area contributed by atoms with Gasteiger partial charge in [-0.25, -0.2) is 4.79 Å². The Balaban J connectivity index is 3.94. The lowest BCUT2D eigenvalue weighted by Gasteiger charge is -2.14. The van der Waals surface area contributed by atoms with Gasteiger partial charge in [0.1, 0.15) is 0 Å². The number of hydrogen-bond acceptors (Lipinski definition) is 5. The molecular weight excluding hydrogens is 164 g/mol. The second-order valence-corrected chi connectivity index (χ2v) is 3.15. The van der Waals surface area contributed by atoms with E-state index in [0.29, 0.717) is 0 Å². The molecule has 0 unspecified atom stereocenters. The SMILES string of the molecule is CC(C)(C)C(=O)OC(=O)NON. The molecule has 0 aliphatic carbocycles. The molecule has 0 saturated heterocycles. The molecule has 0 spiro atoms. The summed E-state index contributed by atoms with van der Waals surface area (Å²) in [5, 5.41) is 0. The smallest absolute Gasteiger partial charge is 0.374 e. The second kappa shape index (κ2) is 4.03. The second-order valence-electron chi connectivity index (χ2n) is 3.15. The Morgan fingerprint density at radius 1 is 1.33 bits per heavy atom. The molecule has 0 fully saturated rings. The Bertz CT molecular complexity index is 184. The zero-order chi connectivity index (χ0) is 9.78. The molecule has 0 saturated carbocycles. The van der Waals surface area contributed by atoms with Gasteiger partial charge < -0.3 is 4.74 Å². The molecular formula is C6H12N2O4. The van der Waals surface area contributed by atoms with E-state index in [9.17, 15) is 9.59 Å². The predicted octanol–water partition coefficient (Wildman–Crippen LogP) is 0.0906. The van der Waals surface area contributed by atoms with Crippen molar-refractivity contribution in [1.82, 2.24) is 5.48 Å². The fourth-order valence-electron chi connectivity index (χ4n) is 0.306. The Kier molecular flexibility index (Phi) is 3.65. The normalized spacial score (nSPS) is 10.7. The lowest BCUT2D eigenvalue weighted by atomic mass is 9.98. The van der Waals surface area contributed by atoms with Crippen molar-refractivity contribution in [3.8, 4) is 0 Å². The molecule has 0 rings (SSSR count). The molecule has 0 aromatic rings. The van der Waals surface area contributed by atoms with E-state index in [1.54, 1.807) is 26.3 Å². The molecule has 6 nitrogen and oxygen atoms in total. The molecule has 0 aliphatic heterocycles. The lowest BCUT2D eigenvalue weighted by Crippen LogP contribution is -2.33. The van der Waals surface area contributed by atoms with Crippen LogP contribution in [0.4, 0.5) is 4.79 Å². The molecule has 0 bridgehead atoms. The van der Waals surface area contributed by atoms with Gasteiger partial charge in [-0.2, -0.15) is 16.3 Å². The molecule has 0 heterocycles. The van der Waals surface area contributed by atoms with Gasteiger partial charge in [-0.15, -0.1) is 0 Å². The molecule has 12 heavy (non-hydrogen) atoms. The van der Waals surface area contributed by atoms with Gasteiger partial charge >= 0.3 is 12.1 Å². The number of hydroxylamine groups is 1. The average Bonchev–Trinajstić information content (AvgIpc) is 1.85. The highest BCUT2D eigenvalue weighted by atomic mass is 16.8. The first kappa shape index (κ1) is 10.9. The van der Waals surface area contributed by atoms with Crippen LogP contribution < -0.4 is 11.4 Å². The summed E-state index contributed by atoms with van der Waals surface area (Å²) in [4.78, 5) is 25.3. The zero-order valence-corrected chi connectivity index (χ0v) is 7.21. The first-order valence-electron chi connectivity index (χ1n) is 3.26. The maximum Gasteiger partial charge on any atom is 0.440 e. The Hall–Kier alpha value is -1.14. The number of hydrogen-bond donors (Lipinski definition) is 2. The standard InChI is InChI=1S/C6H12N2O4/c1-6(2,3)4(9)11-5(10)8-12-7/h7H2,1-3H3,(H,8,10). The fourth-order valence-corrected chi connectivity index (χ4v) is 0.306. The summed E-state index contributed by atoms with van der Waals surface area (Å²) in [6.45, 7) is 4.85. The number of nitrogens with two attached hydrogens (primary N) is 1. The maximum absolute atomic E-state index is 11.0. The summed E-state index contributed by atoms with van der Waals surface area (Å²) in [5.74, 6) is 3.84. The molecule has 0 aliphatic rings. The number of nitrogens with one attached hydrogen (secondary N) is 1. The van der Waals surface area contributed by atoms with E-state index in [1.165, 1.54) is 0 Å². The van der Waals surface area contributed by atoms with Crippen molar-refractivity contribution >= 4 is 12.1 Å². The zero-order valence-electron chi connectivity index (χ0n) is 7.21. The van der Waals surface area contributed by atoms with Crippen LogP contribution in [-0.4, -0.2) is 12.1 Å². The number of carbonyl (C=O) groups is 2. The summed E-state index contributed by atoms with van der Waals surface area (Å²) in [7, 11) is 0. The van der Waals surface area contributed by atoms with Gasteiger partial charge in [0.2, 0.25) is 0 Å². The molecule has 0 aromatic carbocycles. The number of ether oxygens (including phenoxy) is 1. The molecule has 70 valence electrons. The molecule has 3 N–H and O–H groups in total. The van der Waals surface area contributed by atoms with Gasteiger partial charge in [0.15, 0.2) is 0 Å². The van der Waals surface area contributed by atoms with Crippen LogP contribution in [0, 0.1) is 5.41 Å². The third-order valence-corrected chi connectivity index (χ3v) is 0.940. The largest absolute Gasteiger partial charge is 0.440 e. The van der Waals surface area contributed by atoms with Crippen LogP contribution in [0.15, 0.2) is 0 Å². The highest BCUT2D eigenvalue weighted by Crippen LogP contribution is 2.14. The highest BCUT2D eigenvalue weighted by Gasteiger charge is 2.25. The molecule has 1 amide bonds. The van der Waals surface area contributed by atoms with Gasteiger partial charge in [0, 0.05) is 0 Å². The van der Waals surface area contributed by atoms with Crippen LogP contribution in [0.1, 0.15) is 20.8 Å². The summed E-state index contributed by atoms with van der Waals surface area (Å²) in [6, 6.07) is 0. The Morgan fingerprint density at radius 3 is 2.17 bits per heavy atom. The third-order valence-electron chi connectivity index (χ3n) is 0.940.